The summed E-state index contributed by atoms with van der Waals surface area (Å²) in [4.78, 5) is 21.2. The number of carbonyl (C=O) groups is 1. The van der Waals surface area contributed by atoms with E-state index < -0.39 is 0 Å². The Balaban J connectivity index is 1.65. The maximum atomic E-state index is 12.2. The zero-order valence-corrected chi connectivity index (χ0v) is 13.6. The Bertz CT molecular complexity index is 758. The number of rotatable bonds is 3. The van der Waals surface area contributed by atoms with Gasteiger partial charge in [0.1, 0.15) is 5.82 Å². The quantitative estimate of drug-likeness (QED) is 0.935. The summed E-state index contributed by atoms with van der Waals surface area (Å²) in [5.74, 6) is 0.675. The summed E-state index contributed by atoms with van der Waals surface area (Å²) in [6, 6.07) is 12.4. The molecule has 1 N–H and O–H groups in total. The first-order chi connectivity index (χ1) is 11.7. The lowest BCUT2D eigenvalue weighted by molar-refractivity contribution is 0.102. The summed E-state index contributed by atoms with van der Waals surface area (Å²) < 4.78 is 0. The lowest BCUT2D eigenvalue weighted by Crippen LogP contribution is -2.44. The number of hydrogen-bond donors (Lipinski definition) is 1. The van der Waals surface area contributed by atoms with Crippen molar-refractivity contribution >= 4 is 17.4 Å². The van der Waals surface area contributed by atoms with Crippen LogP contribution in [0.1, 0.15) is 15.9 Å². The van der Waals surface area contributed by atoms with Crippen LogP contribution in [0.25, 0.3) is 0 Å². The molecule has 2 heterocycles. The van der Waals surface area contributed by atoms with Gasteiger partial charge in [-0.15, -0.1) is 0 Å². The SMILES string of the molecule is CN1CCN(c2ccc(NC(=O)c3cccc(C#N)c3)cn2)CC1. The molecule has 1 aliphatic rings. The lowest BCUT2D eigenvalue weighted by Gasteiger charge is -2.33. The van der Waals surface area contributed by atoms with E-state index in [1.165, 1.54) is 0 Å². The van der Waals surface area contributed by atoms with E-state index in [1.54, 1.807) is 30.5 Å². The number of hydrogen-bond acceptors (Lipinski definition) is 5. The molecule has 0 bridgehead atoms. The van der Waals surface area contributed by atoms with Crippen molar-refractivity contribution in [2.45, 2.75) is 0 Å². The molecule has 0 unspecified atom stereocenters. The van der Waals surface area contributed by atoms with Gasteiger partial charge in [-0.1, -0.05) is 6.07 Å². The third kappa shape index (κ3) is 3.70. The highest BCUT2D eigenvalue weighted by molar-refractivity contribution is 6.04. The third-order valence-electron chi connectivity index (χ3n) is 4.09. The number of pyridine rings is 1. The summed E-state index contributed by atoms with van der Waals surface area (Å²) in [7, 11) is 2.12. The second-order valence-electron chi connectivity index (χ2n) is 5.84. The maximum Gasteiger partial charge on any atom is 0.255 e. The molecule has 6 heteroatoms. The van der Waals surface area contributed by atoms with Gasteiger partial charge in [0.2, 0.25) is 0 Å². The number of nitrogens with one attached hydrogen (secondary N) is 1. The Hall–Kier alpha value is -2.91. The zero-order valence-electron chi connectivity index (χ0n) is 13.6. The Morgan fingerprint density at radius 3 is 2.67 bits per heavy atom. The highest BCUT2D eigenvalue weighted by Gasteiger charge is 2.15. The van der Waals surface area contributed by atoms with Crippen LogP contribution < -0.4 is 10.2 Å². The Morgan fingerprint density at radius 1 is 1.21 bits per heavy atom. The molecular weight excluding hydrogens is 302 g/mol. The lowest BCUT2D eigenvalue weighted by atomic mass is 10.1. The first-order valence-corrected chi connectivity index (χ1v) is 7.87. The average Bonchev–Trinajstić information content (AvgIpc) is 2.63. The van der Waals surface area contributed by atoms with Crippen molar-refractivity contribution in [2.75, 3.05) is 43.4 Å². The monoisotopic (exact) mass is 321 g/mol. The van der Waals surface area contributed by atoms with E-state index in [4.69, 9.17) is 5.26 Å². The molecule has 24 heavy (non-hydrogen) atoms. The van der Waals surface area contributed by atoms with Crippen LogP contribution in [0.4, 0.5) is 11.5 Å². The molecule has 0 radical (unpaired) electrons. The minimum Gasteiger partial charge on any atom is -0.354 e. The molecule has 1 aromatic carbocycles. The summed E-state index contributed by atoms with van der Waals surface area (Å²) in [6.45, 7) is 3.96. The minimum atomic E-state index is -0.249. The third-order valence-corrected chi connectivity index (χ3v) is 4.09. The van der Waals surface area contributed by atoms with Gasteiger partial charge >= 0.3 is 0 Å². The normalized spacial score (nSPS) is 14.9. The number of nitrogens with zero attached hydrogens (tertiary/aromatic N) is 4. The van der Waals surface area contributed by atoms with Crippen molar-refractivity contribution < 1.29 is 4.79 Å². The highest BCUT2D eigenvalue weighted by atomic mass is 16.1. The Morgan fingerprint density at radius 2 is 2.00 bits per heavy atom. The summed E-state index contributed by atoms with van der Waals surface area (Å²) >= 11 is 0. The molecule has 122 valence electrons. The van der Waals surface area contributed by atoms with E-state index in [1.807, 2.05) is 18.2 Å². The zero-order chi connectivity index (χ0) is 16.9. The fourth-order valence-electron chi connectivity index (χ4n) is 2.62. The first kappa shape index (κ1) is 16.0. The fraction of sp³-hybridized carbons (Fsp3) is 0.278. The molecule has 1 saturated heterocycles. The fourth-order valence-corrected chi connectivity index (χ4v) is 2.62. The van der Waals surface area contributed by atoms with Crippen molar-refractivity contribution in [3.8, 4) is 6.07 Å². The predicted molar refractivity (Wildman–Crippen MR) is 93.1 cm³/mol. The van der Waals surface area contributed by atoms with E-state index in [2.05, 4.69) is 27.1 Å². The number of piperazine rings is 1. The average molecular weight is 321 g/mol. The molecular formula is C18H19N5O. The Labute approximate surface area is 141 Å². The van der Waals surface area contributed by atoms with Crippen LogP contribution in [0.5, 0.6) is 0 Å². The summed E-state index contributed by atoms with van der Waals surface area (Å²) in [5.41, 5.74) is 1.56. The standard InChI is InChI=1S/C18H19N5O/c1-22-7-9-23(10-8-22)17-6-5-16(13-20-17)21-18(24)15-4-2-3-14(11-15)12-19/h2-6,11,13H,7-10H2,1H3,(H,21,24). The van der Waals surface area contributed by atoms with Crippen molar-refractivity contribution in [1.82, 2.24) is 9.88 Å². The number of aromatic nitrogens is 1. The molecule has 3 rings (SSSR count). The van der Waals surface area contributed by atoms with Crippen LogP contribution in [0.3, 0.4) is 0 Å². The van der Waals surface area contributed by atoms with Crippen LogP contribution in [0.2, 0.25) is 0 Å². The van der Waals surface area contributed by atoms with Crippen LogP contribution in [-0.2, 0) is 0 Å². The number of likely N-dealkylation sites (N-methyl/N-ethyl adjacent to an activating group) is 1. The molecule has 0 saturated carbocycles. The molecule has 0 spiro atoms. The smallest absolute Gasteiger partial charge is 0.255 e. The van der Waals surface area contributed by atoms with Gasteiger partial charge in [0, 0.05) is 31.7 Å². The van der Waals surface area contributed by atoms with Crippen LogP contribution >= 0.6 is 0 Å². The molecule has 1 aromatic heterocycles. The molecule has 6 nitrogen and oxygen atoms in total. The predicted octanol–water partition coefficient (Wildman–Crippen LogP) is 1.96. The molecule has 2 aromatic rings. The van der Waals surface area contributed by atoms with Crippen LogP contribution in [0.15, 0.2) is 42.6 Å². The topological polar surface area (TPSA) is 72.3 Å². The molecule has 1 amide bonds. The molecule has 0 aliphatic carbocycles. The number of nitriles is 1. The van der Waals surface area contributed by atoms with Gasteiger partial charge in [-0.2, -0.15) is 5.26 Å². The number of anilines is 2. The summed E-state index contributed by atoms with van der Waals surface area (Å²) in [5, 5.41) is 11.7. The van der Waals surface area contributed by atoms with Gasteiger partial charge in [0.15, 0.2) is 0 Å². The van der Waals surface area contributed by atoms with E-state index in [0.29, 0.717) is 16.8 Å². The van der Waals surface area contributed by atoms with Gasteiger partial charge in [0.05, 0.1) is 23.5 Å². The second-order valence-corrected chi connectivity index (χ2v) is 5.84. The second kappa shape index (κ2) is 7.11. The van der Waals surface area contributed by atoms with E-state index >= 15 is 0 Å². The van der Waals surface area contributed by atoms with Gasteiger partial charge in [-0.05, 0) is 37.4 Å². The van der Waals surface area contributed by atoms with Crippen molar-refractivity contribution in [3.63, 3.8) is 0 Å². The van der Waals surface area contributed by atoms with E-state index in [9.17, 15) is 4.79 Å². The van der Waals surface area contributed by atoms with E-state index in [-0.39, 0.29) is 5.91 Å². The van der Waals surface area contributed by atoms with Gasteiger partial charge < -0.3 is 15.1 Å². The van der Waals surface area contributed by atoms with Crippen LogP contribution in [0, 0.1) is 11.3 Å². The molecule has 0 atom stereocenters. The maximum absolute atomic E-state index is 12.2. The van der Waals surface area contributed by atoms with Crippen molar-refractivity contribution in [3.05, 3.63) is 53.7 Å². The first-order valence-electron chi connectivity index (χ1n) is 7.87. The van der Waals surface area contributed by atoms with Crippen molar-refractivity contribution in [2.24, 2.45) is 0 Å². The number of benzene rings is 1. The molecule has 1 aliphatic heterocycles. The van der Waals surface area contributed by atoms with Crippen molar-refractivity contribution in [1.29, 1.82) is 5.26 Å². The largest absolute Gasteiger partial charge is 0.354 e. The van der Waals surface area contributed by atoms with Gasteiger partial charge in [-0.3, -0.25) is 4.79 Å². The number of amides is 1. The van der Waals surface area contributed by atoms with E-state index in [0.717, 1.165) is 32.0 Å². The molecule has 1 fully saturated rings. The van der Waals surface area contributed by atoms with Gasteiger partial charge in [0.25, 0.3) is 5.91 Å². The van der Waals surface area contributed by atoms with Crippen LogP contribution in [-0.4, -0.2) is 49.0 Å². The highest BCUT2D eigenvalue weighted by Crippen LogP contribution is 2.16. The number of carbonyl (C=O) groups excluding carboxylic acids is 1. The summed E-state index contributed by atoms with van der Waals surface area (Å²) in [6.07, 6.45) is 1.67. The Kier molecular flexibility index (Phi) is 4.73. The van der Waals surface area contributed by atoms with Gasteiger partial charge in [-0.25, -0.2) is 4.98 Å². The minimum absolute atomic E-state index is 0.249.